The van der Waals surface area contributed by atoms with Gasteiger partial charge in [0.25, 0.3) is 0 Å². The third kappa shape index (κ3) is 2.54. The van der Waals surface area contributed by atoms with Crippen molar-refractivity contribution in [2.75, 3.05) is 26.2 Å². The molecular weight excluding hydrogens is 292 g/mol. The van der Waals surface area contributed by atoms with Crippen molar-refractivity contribution in [1.82, 2.24) is 9.88 Å². The molecule has 96 valence electrons. The summed E-state index contributed by atoms with van der Waals surface area (Å²) in [5.74, 6) is 0.941. The van der Waals surface area contributed by atoms with Gasteiger partial charge >= 0.3 is 0 Å². The molecule has 0 amide bonds. The van der Waals surface area contributed by atoms with Gasteiger partial charge in [0.05, 0.1) is 5.52 Å². The summed E-state index contributed by atoms with van der Waals surface area (Å²) >= 11 is 3.51. The van der Waals surface area contributed by atoms with E-state index in [4.69, 9.17) is 4.74 Å². The number of likely N-dealkylation sites (tertiary alicyclic amines) is 1. The fourth-order valence-electron chi connectivity index (χ4n) is 2.46. The van der Waals surface area contributed by atoms with Crippen molar-refractivity contribution < 1.29 is 4.74 Å². The minimum Gasteiger partial charge on any atom is -0.492 e. The van der Waals surface area contributed by atoms with Crippen molar-refractivity contribution >= 4 is 26.8 Å². The predicted octanol–water partition coefficient (Wildman–Crippen LogP) is 3.41. The first-order chi connectivity index (χ1) is 8.83. The minimum absolute atomic E-state index is 0.771. The molecule has 0 radical (unpaired) electrons. The number of rotatable bonds is 4. The molecule has 1 aromatic heterocycles. The van der Waals surface area contributed by atoms with Gasteiger partial charge < -0.3 is 9.72 Å². The Kier molecular flexibility index (Phi) is 3.57. The molecule has 1 aliphatic heterocycles. The second-order valence-corrected chi connectivity index (χ2v) is 5.60. The van der Waals surface area contributed by atoms with E-state index in [1.165, 1.54) is 31.3 Å². The maximum absolute atomic E-state index is 5.81. The first-order valence-electron chi connectivity index (χ1n) is 6.45. The number of aromatic nitrogens is 1. The average Bonchev–Trinajstić information content (AvgIpc) is 3.00. The first kappa shape index (κ1) is 12.1. The minimum atomic E-state index is 0.771. The van der Waals surface area contributed by atoms with Crippen LogP contribution in [0.1, 0.15) is 12.8 Å². The van der Waals surface area contributed by atoms with Crippen molar-refractivity contribution in [3.63, 3.8) is 0 Å². The second-order valence-electron chi connectivity index (χ2n) is 4.74. The molecular formula is C14H17BrN2O. The van der Waals surface area contributed by atoms with Crippen molar-refractivity contribution in [1.29, 1.82) is 0 Å². The van der Waals surface area contributed by atoms with Gasteiger partial charge in [-0.25, -0.2) is 0 Å². The van der Waals surface area contributed by atoms with Crippen LogP contribution < -0.4 is 4.74 Å². The SMILES string of the molecule is Brc1c[nH]c2cc(OCCN3CCCC3)ccc12. The average molecular weight is 309 g/mol. The molecule has 0 atom stereocenters. The molecule has 3 nitrogen and oxygen atoms in total. The van der Waals surface area contributed by atoms with Crippen LogP contribution in [0.4, 0.5) is 0 Å². The molecule has 18 heavy (non-hydrogen) atoms. The highest BCUT2D eigenvalue weighted by molar-refractivity contribution is 9.10. The Balaban J connectivity index is 1.60. The summed E-state index contributed by atoms with van der Waals surface area (Å²) in [4.78, 5) is 5.68. The largest absolute Gasteiger partial charge is 0.492 e. The number of halogens is 1. The number of benzene rings is 1. The highest BCUT2D eigenvalue weighted by atomic mass is 79.9. The zero-order chi connectivity index (χ0) is 12.4. The fraction of sp³-hybridized carbons (Fsp3) is 0.429. The van der Waals surface area contributed by atoms with Crippen molar-refractivity contribution in [3.05, 3.63) is 28.9 Å². The Morgan fingerprint density at radius 1 is 1.28 bits per heavy atom. The van der Waals surface area contributed by atoms with Crippen LogP contribution in [0.5, 0.6) is 5.75 Å². The molecule has 0 aliphatic carbocycles. The monoisotopic (exact) mass is 308 g/mol. The van der Waals surface area contributed by atoms with Crippen LogP contribution in [0.3, 0.4) is 0 Å². The van der Waals surface area contributed by atoms with Crippen LogP contribution in [-0.2, 0) is 0 Å². The van der Waals surface area contributed by atoms with Gasteiger partial charge in [-0.05, 0) is 54.0 Å². The number of aromatic amines is 1. The Bertz CT molecular complexity index is 532. The number of ether oxygens (including phenoxy) is 1. The van der Waals surface area contributed by atoms with E-state index in [1.54, 1.807) is 0 Å². The molecule has 2 heterocycles. The molecule has 0 saturated carbocycles. The van der Waals surface area contributed by atoms with Gasteiger partial charge in [0.15, 0.2) is 0 Å². The first-order valence-corrected chi connectivity index (χ1v) is 7.24. The lowest BCUT2D eigenvalue weighted by atomic mass is 10.2. The second kappa shape index (κ2) is 5.33. The Hall–Kier alpha value is -1.00. The van der Waals surface area contributed by atoms with E-state index < -0.39 is 0 Å². The van der Waals surface area contributed by atoms with Crippen molar-refractivity contribution in [2.24, 2.45) is 0 Å². The van der Waals surface area contributed by atoms with Gasteiger partial charge in [-0.1, -0.05) is 0 Å². The molecule has 1 aromatic carbocycles. The highest BCUT2D eigenvalue weighted by Gasteiger charge is 2.10. The fourth-order valence-corrected chi connectivity index (χ4v) is 2.92. The molecule has 1 N–H and O–H groups in total. The lowest BCUT2D eigenvalue weighted by Gasteiger charge is -2.14. The van der Waals surface area contributed by atoms with Gasteiger partial charge in [0, 0.05) is 28.7 Å². The summed E-state index contributed by atoms with van der Waals surface area (Å²) in [6.45, 7) is 4.26. The molecule has 0 bridgehead atoms. The maximum atomic E-state index is 5.81. The van der Waals surface area contributed by atoms with E-state index in [2.05, 4.69) is 37.9 Å². The van der Waals surface area contributed by atoms with E-state index in [-0.39, 0.29) is 0 Å². The summed E-state index contributed by atoms with van der Waals surface area (Å²) in [5.41, 5.74) is 1.11. The van der Waals surface area contributed by atoms with Crippen molar-refractivity contribution in [2.45, 2.75) is 12.8 Å². The van der Waals surface area contributed by atoms with Gasteiger partial charge in [0.2, 0.25) is 0 Å². The van der Waals surface area contributed by atoms with Crippen molar-refractivity contribution in [3.8, 4) is 5.75 Å². The summed E-state index contributed by atoms with van der Waals surface area (Å²) in [6, 6.07) is 6.18. The standard InChI is InChI=1S/C14H17BrN2O/c15-13-10-16-14-9-11(3-4-12(13)14)18-8-7-17-5-1-2-6-17/h3-4,9-10,16H,1-2,5-8H2. The van der Waals surface area contributed by atoms with Gasteiger partial charge in [0.1, 0.15) is 12.4 Å². The molecule has 0 spiro atoms. The smallest absolute Gasteiger partial charge is 0.121 e. The maximum Gasteiger partial charge on any atom is 0.121 e. The van der Waals surface area contributed by atoms with Gasteiger partial charge in [-0.3, -0.25) is 4.90 Å². The molecule has 1 aliphatic rings. The number of fused-ring (bicyclic) bond motifs is 1. The van der Waals surface area contributed by atoms with Gasteiger partial charge in [-0.15, -0.1) is 0 Å². The Labute approximate surface area is 115 Å². The molecule has 1 fully saturated rings. The van der Waals surface area contributed by atoms with E-state index in [9.17, 15) is 0 Å². The van der Waals surface area contributed by atoms with Gasteiger partial charge in [-0.2, -0.15) is 0 Å². The zero-order valence-corrected chi connectivity index (χ0v) is 11.9. The van der Waals surface area contributed by atoms with Crippen LogP contribution in [0.2, 0.25) is 0 Å². The topological polar surface area (TPSA) is 28.3 Å². The van der Waals surface area contributed by atoms with E-state index in [0.717, 1.165) is 28.9 Å². The quantitative estimate of drug-likeness (QED) is 0.937. The van der Waals surface area contributed by atoms with Crippen LogP contribution in [0.15, 0.2) is 28.9 Å². The number of hydrogen-bond donors (Lipinski definition) is 1. The van der Waals surface area contributed by atoms with E-state index >= 15 is 0 Å². The van der Waals surface area contributed by atoms with Crippen LogP contribution in [-0.4, -0.2) is 36.1 Å². The summed E-state index contributed by atoms with van der Waals surface area (Å²) in [7, 11) is 0. The molecule has 4 heteroatoms. The van der Waals surface area contributed by atoms with Crippen LogP contribution in [0, 0.1) is 0 Å². The number of hydrogen-bond acceptors (Lipinski definition) is 2. The zero-order valence-electron chi connectivity index (χ0n) is 10.3. The predicted molar refractivity (Wildman–Crippen MR) is 77.2 cm³/mol. The number of H-pyrrole nitrogens is 1. The normalized spacial score (nSPS) is 16.5. The molecule has 2 aromatic rings. The highest BCUT2D eigenvalue weighted by Crippen LogP contribution is 2.26. The summed E-state index contributed by atoms with van der Waals surface area (Å²) in [6.07, 6.45) is 4.63. The van der Waals surface area contributed by atoms with E-state index in [0.29, 0.717) is 0 Å². The number of nitrogens with zero attached hydrogens (tertiary/aromatic N) is 1. The molecule has 1 saturated heterocycles. The molecule has 3 rings (SSSR count). The summed E-state index contributed by atoms with van der Waals surface area (Å²) in [5, 5.41) is 1.20. The third-order valence-corrected chi connectivity index (χ3v) is 4.13. The summed E-state index contributed by atoms with van der Waals surface area (Å²) < 4.78 is 6.91. The van der Waals surface area contributed by atoms with Crippen LogP contribution >= 0.6 is 15.9 Å². The van der Waals surface area contributed by atoms with Crippen LogP contribution in [0.25, 0.3) is 10.9 Å². The lowest BCUT2D eigenvalue weighted by Crippen LogP contribution is -2.25. The van der Waals surface area contributed by atoms with E-state index in [1.807, 2.05) is 12.3 Å². The number of nitrogens with one attached hydrogen (secondary N) is 1. The Morgan fingerprint density at radius 3 is 2.94 bits per heavy atom. The lowest BCUT2D eigenvalue weighted by molar-refractivity contribution is 0.238. The molecule has 0 unspecified atom stereocenters. The Morgan fingerprint density at radius 2 is 2.11 bits per heavy atom. The third-order valence-electron chi connectivity index (χ3n) is 3.48.